The second-order valence-electron chi connectivity index (χ2n) is 3.49. The van der Waals surface area contributed by atoms with Gasteiger partial charge in [-0.25, -0.2) is 0 Å². The zero-order chi connectivity index (χ0) is 12.7. The molecule has 0 aliphatic rings. The first kappa shape index (κ1) is 13.2. The number of carbonyl (C=O) groups excluding carboxylic acids is 2. The third-order valence-corrected chi connectivity index (χ3v) is 2.34. The van der Waals surface area contributed by atoms with Crippen molar-refractivity contribution in [3.8, 4) is 5.75 Å². The van der Waals surface area contributed by atoms with Gasteiger partial charge < -0.3 is 9.47 Å². The second kappa shape index (κ2) is 6.68. The van der Waals surface area contributed by atoms with E-state index in [-0.39, 0.29) is 12.4 Å². The predicted octanol–water partition coefficient (Wildman–Crippen LogP) is 2.00. The van der Waals surface area contributed by atoms with Gasteiger partial charge in [-0.1, -0.05) is 0 Å². The number of esters is 1. The van der Waals surface area contributed by atoms with Crippen molar-refractivity contribution in [1.29, 1.82) is 0 Å². The number of ether oxygens (including phenoxy) is 2. The van der Waals surface area contributed by atoms with E-state index < -0.39 is 0 Å². The van der Waals surface area contributed by atoms with Crippen LogP contribution in [0.4, 0.5) is 0 Å². The number of aryl methyl sites for hydroxylation is 1. The zero-order valence-corrected chi connectivity index (χ0v) is 10.1. The van der Waals surface area contributed by atoms with Crippen molar-refractivity contribution >= 4 is 12.3 Å². The molecule has 4 nitrogen and oxygen atoms in total. The molecule has 17 heavy (non-hydrogen) atoms. The summed E-state index contributed by atoms with van der Waals surface area (Å²) < 4.78 is 10.0. The van der Waals surface area contributed by atoms with Crippen LogP contribution in [-0.4, -0.2) is 26.0 Å². The highest BCUT2D eigenvalue weighted by atomic mass is 16.5. The van der Waals surface area contributed by atoms with Gasteiger partial charge in [-0.2, -0.15) is 0 Å². The lowest BCUT2D eigenvalue weighted by atomic mass is 10.1. The van der Waals surface area contributed by atoms with Gasteiger partial charge in [-0.05, 0) is 37.1 Å². The minimum Gasteiger partial charge on any atom is -0.496 e. The van der Waals surface area contributed by atoms with Crippen molar-refractivity contribution in [3.05, 3.63) is 29.3 Å². The Labute approximate surface area is 101 Å². The van der Waals surface area contributed by atoms with E-state index in [0.29, 0.717) is 24.3 Å². The molecule has 0 saturated heterocycles. The molecule has 0 N–H and O–H groups in total. The molecule has 1 aromatic rings. The summed E-state index contributed by atoms with van der Waals surface area (Å²) >= 11 is 0. The van der Waals surface area contributed by atoms with E-state index in [1.54, 1.807) is 32.2 Å². The standard InChI is InChI=1S/C13H16O4/c1-3-17-13(15)7-5-11-8-10(9-14)4-6-12(11)16-2/h4,6,8-9H,3,5,7H2,1-2H3. The van der Waals surface area contributed by atoms with Crippen molar-refractivity contribution in [1.82, 2.24) is 0 Å². The van der Waals surface area contributed by atoms with Gasteiger partial charge >= 0.3 is 5.97 Å². The lowest BCUT2D eigenvalue weighted by Gasteiger charge is -2.08. The third-order valence-electron chi connectivity index (χ3n) is 2.34. The van der Waals surface area contributed by atoms with Gasteiger partial charge in [0.2, 0.25) is 0 Å². The molecule has 0 aliphatic heterocycles. The highest BCUT2D eigenvalue weighted by molar-refractivity contribution is 5.76. The van der Waals surface area contributed by atoms with Crippen LogP contribution in [0.15, 0.2) is 18.2 Å². The van der Waals surface area contributed by atoms with E-state index in [2.05, 4.69) is 0 Å². The summed E-state index contributed by atoms with van der Waals surface area (Å²) in [6.07, 6.45) is 1.56. The minimum atomic E-state index is -0.244. The molecule has 0 atom stereocenters. The molecule has 0 bridgehead atoms. The predicted molar refractivity (Wildman–Crippen MR) is 63.3 cm³/mol. The normalized spacial score (nSPS) is 9.76. The number of carbonyl (C=O) groups is 2. The Hall–Kier alpha value is -1.84. The number of hydrogen-bond acceptors (Lipinski definition) is 4. The molecule has 0 aliphatic carbocycles. The smallest absolute Gasteiger partial charge is 0.306 e. The largest absolute Gasteiger partial charge is 0.496 e. The summed E-state index contributed by atoms with van der Waals surface area (Å²) in [5, 5.41) is 0. The van der Waals surface area contributed by atoms with Gasteiger partial charge in [0.25, 0.3) is 0 Å². The number of rotatable bonds is 6. The Kier molecular flexibility index (Phi) is 5.20. The molecule has 0 saturated carbocycles. The lowest BCUT2D eigenvalue weighted by molar-refractivity contribution is -0.143. The number of methoxy groups -OCH3 is 1. The number of aldehydes is 1. The average molecular weight is 236 g/mol. The fourth-order valence-electron chi connectivity index (χ4n) is 1.54. The number of hydrogen-bond donors (Lipinski definition) is 0. The van der Waals surface area contributed by atoms with Gasteiger partial charge in [0, 0.05) is 12.0 Å². The number of benzene rings is 1. The van der Waals surface area contributed by atoms with Crippen LogP contribution in [0.1, 0.15) is 29.3 Å². The quantitative estimate of drug-likeness (QED) is 0.560. The molecule has 0 amide bonds. The molecule has 0 radical (unpaired) electrons. The zero-order valence-electron chi connectivity index (χ0n) is 10.1. The van der Waals surface area contributed by atoms with Crippen LogP contribution in [0.25, 0.3) is 0 Å². The average Bonchev–Trinajstić information content (AvgIpc) is 2.36. The Morgan fingerprint density at radius 3 is 2.76 bits per heavy atom. The Bertz CT molecular complexity index is 398. The van der Waals surface area contributed by atoms with Crippen molar-refractivity contribution < 1.29 is 19.1 Å². The maximum absolute atomic E-state index is 11.2. The van der Waals surface area contributed by atoms with E-state index in [9.17, 15) is 9.59 Å². The summed E-state index contributed by atoms with van der Waals surface area (Å²) in [5.41, 5.74) is 1.41. The fourth-order valence-corrected chi connectivity index (χ4v) is 1.54. The summed E-state index contributed by atoms with van der Waals surface area (Å²) in [4.78, 5) is 21.9. The van der Waals surface area contributed by atoms with Gasteiger partial charge in [0.05, 0.1) is 13.7 Å². The van der Waals surface area contributed by atoms with Crippen LogP contribution in [-0.2, 0) is 16.0 Å². The van der Waals surface area contributed by atoms with Crippen LogP contribution in [0, 0.1) is 0 Å². The molecule has 0 fully saturated rings. The molecular weight excluding hydrogens is 220 g/mol. The molecule has 0 spiro atoms. The Morgan fingerprint density at radius 1 is 1.41 bits per heavy atom. The Balaban J connectivity index is 2.73. The molecule has 1 rings (SSSR count). The molecule has 92 valence electrons. The van der Waals surface area contributed by atoms with Crippen LogP contribution in [0.2, 0.25) is 0 Å². The monoisotopic (exact) mass is 236 g/mol. The molecule has 0 heterocycles. The van der Waals surface area contributed by atoms with Gasteiger partial charge in [-0.3, -0.25) is 9.59 Å². The van der Waals surface area contributed by atoms with Gasteiger partial charge in [0.15, 0.2) is 0 Å². The van der Waals surface area contributed by atoms with Gasteiger partial charge in [0.1, 0.15) is 12.0 Å². The maximum atomic E-state index is 11.2. The van der Waals surface area contributed by atoms with Crippen LogP contribution >= 0.6 is 0 Å². The highest BCUT2D eigenvalue weighted by Gasteiger charge is 2.08. The first-order chi connectivity index (χ1) is 8.21. The summed E-state index contributed by atoms with van der Waals surface area (Å²) in [7, 11) is 1.56. The SMILES string of the molecule is CCOC(=O)CCc1cc(C=O)ccc1OC. The van der Waals surface area contributed by atoms with E-state index in [1.807, 2.05) is 0 Å². The van der Waals surface area contributed by atoms with Crippen LogP contribution in [0.3, 0.4) is 0 Å². The van der Waals surface area contributed by atoms with E-state index >= 15 is 0 Å². The van der Waals surface area contributed by atoms with Crippen molar-refractivity contribution in [2.75, 3.05) is 13.7 Å². The van der Waals surface area contributed by atoms with Crippen molar-refractivity contribution in [2.45, 2.75) is 19.8 Å². The highest BCUT2D eigenvalue weighted by Crippen LogP contribution is 2.20. The second-order valence-corrected chi connectivity index (χ2v) is 3.49. The third kappa shape index (κ3) is 3.90. The summed E-state index contributed by atoms with van der Waals surface area (Å²) in [5.74, 6) is 0.436. The first-order valence-corrected chi connectivity index (χ1v) is 5.49. The summed E-state index contributed by atoms with van der Waals surface area (Å²) in [6.45, 7) is 2.15. The van der Waals surface area contributed by atoms with Crippen LogP contribution in [0.5, 0.6) is 5.75 Å². The molecule has 1 aromatic carbocycles. The molecule has 4 heteroatoms. The van der Waals surface area contributed by atoms with Crippen molar-refractivity contribution in [2.24, 2.45) is 0 Å². The van der Waals surface area contributed by atoms with Gasteiger partial charge in [-0.15, -0.1) is 0 Å². The first-order valence-electron chi connectivity index (χ1n) is 5.49. The van der Waals surface area contributed by atoms with Crippen LogP contribution < -0.4 is 4.74 Å². The Morgan fingerprint density at radius 2 is 2.18 bits per heavy atom. The molecular formula is C13H16O4. The molecule has 0 aromatic heterocycles. The van der Waals surface area contributed by atoms with E-state index in [1.165, 1.54) is 0 Å². The minimum absolute atomic E-state index is 0.244. The molecule has 0 unspecified atom stereocenters. The van der Waals surface area contributed by atoms with Crippen molar-refractivity contribution in [3.63, 3.8) is 0 Å². The van der Waals surface area contributed by atoms with E-state index in [4.69, 9.17) is 9.47 Å². The maximum Gasteiger partial charge on any atom is 0.306 e. The summed E-state index contributed by atoms with van der Waals surface area (Å²) in [6, 6.07) is 5.13. The topological polar surface area (TPSA) is 52.6 Å². The van der Waals surface area contributed by atoms with E-state index in [0.717, 1.165) is 11.8 Å². The lowest BCUT2D eigenvalue weighted by Crippen LogP contribution is -2.06. The fraction of sp³-hybridized carbons (Fsp3) is 0.385.